The van der Waals surface area contributed by atoms with Crippen LogP contribution in [-0.2, 0) is 0 Å². The molecule has 5 aromatic carbocycles. The molecule has 0 saturated carbocycles. The standard InChI is InChI=1S/C32H21N3OS/c1-2-8-26(32-35-28-10-4-6-12-30(28)37-32)25(7-1)21-13-17-23(18-14-21)33-24-19-15-22(16-20-24)31-34-27-9-3-5-11-29(27)36-31/h1-20,33H. The van der Waals surface area contributed by atoms with Crippen molar-refractivity contribution < 1.29 is 4.42 Å². The Morgan fingerprint density at radius 3 is 1.89 bits per heavy atom. The number of rotatable bonds is 5. The monoisotopic (exact) mass is 495 g/mol. The molecule has 0 radical (unpaired) electrons. The Bertz CT molecular complexity index is 1780. The molecule has 0 atom stereocenters. The van der Waals surface area contributed by atoms with E-state index in [1.165, 1.54) is 10.3 Å². The second kappa shape index (κ2) is 9.04. The molecule has 2 heterocycles. The van der Waals surface area contributed by atoms with Gasteiger partial charge in [-0.05, 0) is 71.8 Å². The number of oxazole rings is 1. The quantitative estimate of drug-likeness (QED) is 0.259. The van der Waals surface area contributed by atoms with E-state index in [0.29, 0.717) is 5.89 Å². The summed E-state index contributed by atoms with van der Waals surface area (Å²) < 4.78 is 7.09. The van der Waals surface area contributed by atoms with Crippen LogP contribution in [0.25, 0.3) is 54.5 Å². The minimum atomic E-state index is 0.629. The van der Waals surface area contributed by atoms with Gasteiger partial charge in [0.05, 0.1) is 10.2 Å². The highest BCUT2D eigenvalue weighted by Crippen LogP contribution is 2.37. The van der Waals surface area contributed by atoms with Crippen molar-refractivity contribution in [2.75, 3.05) is 5.32 Å². The first-order valence-corrected chi connectivity index (χ1v) is 12.9. The van der Waals surface area contributed by atoms with Gasteiger partial charge in [-0.2, -0.15) is 0 Å². The fourth-order valence-corrected chi connectivity index (χ4v) is 5.51. The molecule has 0 saturated heterocycles. The molecule has 7 rings (SSSR count). The zero-order chi connectivity index (χ0) is 24.6. The average Bonchev–Trinajstić information content (AvgIpc) is 3.59. The Hall–Kier alpha value is -4.74. The smallest absolute Gasteiger partial charge is 0.227 e. The second-order valence-corrected chi connectivity index (χ2v) is 9.83. The predicted octanol–water partition coefficient (Wildman–Crippen LogP) is 9.18. The van der Waals surface area contributed by atoms with E-state index in [4.69, 9.17) is 9.40 Å². The molecule has 4 nitrogen and oxygen atoms in total. The maximum absolute atomic E-state index is 5.89. The Morgan fingerprint density at radius 1 is 0.541 bits per heavy atom. The van der Waals surface area contributed by atoms with Crippen molar-refractivity contribution in [3.8, 4) is 33.2 Å². The van der Waals surface area contributed by atoms with Crippen LogP contribution in [0.3, 0.4) is 0 Å². The van der Waals surface area contributed by atoms with Crippen molar-refractivity contribution in [3.05, 3.63) is 121 Å². The summed E-state index contributed by atoms with van der Waals surface area (Å²) in [7, 11) is 0. The molecule has 0 aliphatic carbocycles. The van der Waals surface area contributed by atoms with Crippen molar-refractivity contribution in [2.24, 2.45) is 0 Å². The highest BCUT2D eigenvalue weighted by atomic mass is 32.1. The number of hydrogen-bond donors (Lipinski definition) is 1. The second-order valence-electron chi connectivity index (χ2n) is 8.80. The van der Waals surface area contributed by atoms with Gasteiger partial charge in [0, 0.05) is 22.5 Å². The summed E-state index contributed by atoms with van der Waals surface area (Å²) >= 11 is 1.73. The molecule has 7 aromatic rings. The zero-order valence-corrected chi connectivity index (χ0v) is 20.6. The summed E-state index contributed by atoms with van der Waals surface area (Å²) in [6.45, 7) is 0. The molecular weight excluding hydrogens is 474 g/mol. The zero-order valence-electron chi connectivity index (χ0n) is 19.8. The van der Waals surface area contributed by atoms with Gasteiger partial charge in [0.1, 0.15) is 10.5 Å². The van der Waals surface area contributed by atoms with E-state index in [0.717, 1.165) is 49.7 Å². The largest absolute Gasteiger partial charge is 0.436 e. The number of hydrogen-bond acceptors (Lipinski definition) is 5. The average molecular weight is 496 g/mol. The summed E-state index contributed by atoms with van der Waals surface area (Å²) in [5.74, 6) is 0.629. The Labute approximate surface area is 217 Å². The van der Waals surface area contributed by atoms with Gasteiger partial charge in [-0.3, -0.25) is 0 Å². The molecule has 0 fully saturated rings. The molecule has 2 aromatic heterocycles. The van der Waals surface area contributed by atoms with Crippen LogP contribution in [0.2, 0.25) is 0 Å². The number of nitrogens with zero attached hydrogens (tertiary/aromatic N) is 2. The number of nitrogens with one attached hydrogen (secondary N) is 1. The Kier molecular flexibility index (Phi) is 5.26. The Balaban J connectivity index is 1.12. The SMILES string of the molecule is c1ccc(-c2nc3ccccc3s2)c(-c2ccc(Nc3ccc(-c4nc5ccccc5o4)cc3)cc2)c1. The number of anilines is 2. The van der Waals surface area contributed by atoms with Crippen LogP contribution in [-0.4, -0.2) is 9.97 Å². The van der Waals surface area contributed by atoms with Crippen LogP contribution in [0.5, 0.6) is 0 Å². The van der Waals surface area contributed by atoms with Crippen molar-refractivity contribution in [1.29, 1.82) is 0 Å². The first kappa shape index (κ1) is 21.5. The van der Waals surface area contributed by atoms with E-state index in [9.17, 15) is 0 Å². The van der Waals surface area contributed by atoms with E-state index in [-0.39, 0.29) is 0 Å². The number of benzene rings is 5. The summed E-state index contributed by atoms with van der Waals surface area (Å²) in [5, 5.41) is 4.53. The van der Waals surface area contributed by atoms with Gasteiger partial charge in [0.15, 0.2) is 5.58 Å². The van der Waals surface area contributed by atoms with Crippen molar-refractivity contribution in [1.82, 2.24) is 9.97 Å². The predicted molar refractivity (Wildman–Crippen MR) is 153 cm³/mol. The van der Waals surface area contributed by atoms with Crippen LogP contribution in [0, 0.1) is 0 Å². The molecule has 0 amide bonds. The number of aromatic nitrogens is 2. The third-order valence-corrected chi connectivity index (χ3v) is 7.43. The molecule has 176 valence electrons. The maximum atomic E-state index is 5.89. The lowest BCUT2D eigenvalue weighted by Gasteiger charge is -2.10. The molecule has 0 bridgehead atoms. The highest BCUT2D eigenvalue weighted by molar-refractivity contribution is 7.21. The van der Waals surface area contributed by atoms with E-state index in [1.807, 2.05) is 54.6 Å². The van der Waals surface area contributed by atoms with Crippen molar-refractivity contribution in [2.45, 2.75) is 0 Å². The van der Waals surface area contributed by atoms with Crippen molar-refractivity contribution >= 4 is 44.0 Å². The third kappa shape index (κ3) is 4.15. The first-order chi connectivity index (χ1) is 18.3. The molecule has 37 heavy (non-hydrogen) atoms. The maximum Gasteiger partial charge on any atom is 0.227 e. The minimum absolute atomic E-state index is 0.629. The molecule has 1 N–H and O–H groups in total. The Morgan fingerprint density at radius 2 is 1.16 bits per heavy atom. The van der Waals surface area contributed by atoms with E-state index in [2.05, 4.69) is 77.0 Å². The van der Waals surface area contributed by atoms with Gasteiger partial charge in [0.25, 0.3) is 0 Å². The van der Waals surface area contributed by atoms with Gasteiger partial charge >= 0.3 is 0 Å². The van der Waals surface area contributed by atoms with Crippen LogP contribution in [0.4, 0.5) is 11.4 Å². The summed E-state index contributed by atoms with van der Waals surface area (Å²) in [4.78, 5) is 9.46. The normalized spacial score (nSPS) is 11.2. The molecular formula is C32H21N3OS. The van der Waals surface area contributed by atoms with Crippen LogP contribution >= 0.6 is 11.3 Å². The summed E-state index contributed by atoms with van der Waals surface area (Å²) in [6.07, 6.45) is 0. The van der Waals surface area contributed by atoms with Gasteiger partial charge < -0.3 is 9.73 Å². The fourth-order valence-electron chi connectivity index (χ4n) is 4.50. The van der Waals surface area contributed by atoms with Crippen LogP contribution in [0.1, 0.15) is 0 Å². The van der Waals surface area contributed by atoms with Crippen LogP contribution in [0.15, 0.2) is 126 Å². The first-order valence-electron chi connectivity index (χ1n) is 12.1. The lowest BCUT2D eigenvalue weighted by Crippen LogP contribution is -1.91. The summed E-state index contributed by atoms with van der Waals surface area (Å²) in [5.41, 5.74) is 9.16. The fraction of sp³-hybridized carbons (Fsp3) is 0. The number of fused-ring (bicyclic) bond motifs is 2. The van der Waals surface area contributed by atoms with Gasteiger partial charge in [-0.1, -0.05) is 60.7 Å². The number of thiazole rings is 1. The van der Waals surface area contributed by atoms with Gasteiger partial charge in [-0.15, -0.1) is 11.3 Å². The molecule has 0 aliphatic rings. The molecule has 0 spiro atoms. The molecule has 0 aliphatic heterocycles. The third-order valence-electron chi connectivity index (χ3n) is 6.36. The number of para-hydroxylation sites is 3. The molecule has 5 heteroatoms. The minimum Gasteiger partial charge on any atom is -0.436 e. The van der Waals surface area contributed by atoms with Crippen molar-refractivity contribution in [3.63, 3.8) is 0 Å². The van der Waals surface area contributed by atoms with Crippen LogP contribution < -0.4 is 5.32 Å². The van der Waals surface area contributed by atoms with Gasteiger partial charge in [-0.25, -0.2) is 9.97 Å². The topological polar surface area (TPSA) is 51.0 Å². The lowest BCUT2D eigenvalue weighted by molar-refractivity contribution is 0.620. The molecule has 0 unspecified atom stereocenters. The lowest BCUT2D eigenvalue weighted by atomic mass is 10.00. The highest BCUT2D eigenvalue weighted by Gasteiger charge is 2.12. The van der Waals surface area contributed by atoms with E-state index < -0.39 is 0 Å². The van der Waals surface area contributed by atoms with E-state index in [1.54, 1.807) is 11.3 Å². The van der Waals surface area contributed by atoms with E-state index >= 15 is 0 Å². The summed E-state index contributed by atoms with van der Waals surface area (Å²) in [6, 6.07) is 41.2. The van der Waals surface area contributed by atoms with Gasteiger partial charge in [0.2, 0.25) is 5.89 Å².